The molecular formula is C21H19Cl2N5. The first-order valence-corrected chi connectivity index (χ1v) is 9.76. The molecule has 0 amide bonds. The number of nitriles is 3. The first-order valence-electron chi connectivity index (χ1n) is 9.01. The van der Waals surface area contributed by atoms with Crippen LogP contribution >= 0.6 is 23.2 Å². The van der Waals surface area contributed by atoms with Gasteiger partial charge in [-0.05, 0) is 31.1 Å². The van der Waals surface area contributed by atoms with Crippen LogP contribution in [0.4, 0.5) is 0 Å². The Balaban J connectivity index is 2.30. The van der Waals surface area contributed by atoms with Crippen molar-refractivity contribution in [3.8, 4) is 18.2 Å². The average Bonchev–Trinajstić information content (AvgIpc) is 2.69. The lowest BCUT2D eigenvalue weighted by atomic mass is 9.54. The Morgan fingerprint density at radius 3 is 2.46 bits per heavy atom. The summed E-state index contributed by atoms with van der Waals surface area (Å²) in [5.74, 6) is -1.85. The van der Waals surface area contributed by atoms with Crippen LogP contribution in [0.15, 0.2) is 29.8 Å². The number of rotatable bonds is 2. The third kappa shape index (κ3) is 2.90. The summed E-state index contributed by atoms with van der Waals surface area (Å²) in [7, 11) is 0. The van der Waals surface area contributed by atoms with Crippen molar-refractivity contribution in [2.45, 2.75) is 25.8 Å². The van der Waals surface area contributed by atoms with Crippen LogP contribution in [0.1, 0.15) is 25.3 Å². The minimum atomic E-state index is -1.78. The van der Waals surface area contributed by atoms with Crippen molar-refractivity contribution in [3.05, 3.63) is 45.5 Å². The van der Waals surface area contributed by atoms with Gasteiger partial charge in [0.15, 0.2) is 5.41 Å². The lowest BCUT2D eigenvalue weighted by Crippen LogP contribution is -2.53. The standard InChI is InChI=1S/C21H19Cl2N5/c1-12(2)28-7-6-13-15(8-24)20(27)21(10-25,11-26)18(16(13)9-28)14-4-3-5-17(22)19(14)23/h3-6,12,15-16,18,27H,7,9H2,1-2H3/t15?,16-,18-/m0/s1. The molecule has 1 aromatic carbocycles. The van der Waals surface area contributed by atoms with Gasteiger partial charge in [-0.3, -0.25) is 4.90 Å². The average molecular weight is 412 g/mol. The van der Waals surface area contributed by atoms with Crippen LogP contribution in [-0.4, -0.2) is 29.7 Å². The molecule has 5 nitrogen and oxygen atoms in total. The Morgan fingerprint density at radius 1 is 1.21 bits per heavy atom. The lowest BCUT2D eigenvalue weighted by Gasteiger charge is -2.48. The third-order valence-corrected chi connectivity index (χ3v) is 6.70. The van der Waals surface area contributed by atoms with Gasteiger partial charge in [0.2, 0.25) is 0 Å². The van der Waals surface area contributed by atoms with E-state index in [1.165, 1.54) is 0 Å². The maximum absolute atomic E-state index is 10.1. The summed E-state index contributed by atoms with van der Waals surface area (Å²) in [6.45, 7) is 5.40. The molecule has 3 rings (SSSR count). The molecule has 0 bridgehead atoms. The van der Waals surface area contributed by atoms with E-state index in [0.717, 1.165) is 5.57 Å². The number of hydrogen-bond donors (Lipinski definition) is 1. The second kappa shape index (κ2) is 7.57. The first-order chi connectivity index (χ1) is 13.3. The highest BCUT2D eigenvalue weighted by Gasteiger charge is 2.58. The van der Waals surface area contributed by atoms with Crippen LogP contribution in [0.2, 0.25) is 10.0 Å². The van der Waals surface area contributed by atoms with Crippen molar-refractivity contribution in [3.63, 3.8) is 0 Å². The van der Waals surface area contributed by atoms with Crippen LogP contribution in [0.5, 0.6) is 0 Å². The van der Waals surface area contributed by atoms with Gasteiger partial charge in [-0.25, -0.2) is 0 Å². The smallest absolute Gasteiger partial charge is 0.189 e. The van der Waals surface area contributed by atoms with E-state index in [4.69, 9.17) is 28.6 Å². The molecule has 7 heteroatoms. The quantitative estimate of drug-likeness (QED) is 0.721. The van der Waals surface area contributed by atoms with E-state index < -0.39 is 17.3 Å². The van der Waals surface area contributed by atoms with Crippen LogP contribution in [0.3, 0.4) is 0 Å². The molecule has 1 N–H and O–H groups in total. The van der Waals surface area contributed by atoms with E-state index in [1.54, 1.807) is 18.2 Å². The normalized spacial score (nSPS) is 26.6. The van der Waals surface area contributed by atoms with Crippen molar-refractivity contribution >= 4 is 28.9 Å². The Labute approximate surface area is 174 Å². The topological polar surface area (TPSA) is 98.5 Å². The maximum Gasteiger partial charge on any atom is 0.189 e. The Kier molecular flexibility index (Phi) is 5.51. The molecule has 0 saturated heterocycles. The highest BCUT2D eigenvalue weighted by atomic mass is 35.5. The van der Waals surface area contributed by atoms with Gasteiger partial charge in [-0.1, -0.05) is 41.4 Å². The van der Waals surface area contributed by atoms with Crippen molar-refractivity contribution in [2.75, 3.05) is 13.1 Å². The van der Waals surface area contributed by atoms with Crippen molar-refractivity contribution in [1.29, 1.82) is 21.2 Å². The van der Waals surface area contributed by atoms with Crippen LogP contribution in [0.25, 0.3) is 0 Å². The molecule has 1 aliphatic carbocycles. The van der Waals surface area contributed by atoms with Gasteiger partial charge >= 0.3 is 0 Å². The van der Waals surface area contributed by atoms with Gasteiger partial charge in [0.25, 0.3) is 0 Å². The fourth-order valence-corrected chi connectivity index (χ4v) is 4.78. The fourth-order valence-electron chi connectivity index (χ4n) is 4.36. The predicted octanol–water partition coefficient (Wildman–Crippen LogP) is 4.55. The molecule has 0 spiro atoms. The molecule has 2 aliphatic rings. The van der Waals surface area contributed by atoms with Gasteiger partial charge in [0, 0.05) is 31.0 Å². The fraction of sp³-hybridized carbons (Fsp3) is 0.429. The zero-order chi connectivity index (χ0) is 20.6. The summed E-state index contributed by atoms with van der Waals surface area (Å²) in [4.78, 5) is 2.22. The minimum Gasteiger partial charge on any atom is -0.305 e. The van der Waals surface area contributed by atoms with Crippen molar-refractivity contribution in [2.24, 2.45) is 17.3 Å². The Morgan fingerprint density at radius 2 is 1.89 bits per heavy atom. The number of nitrogens with one attached hydrogen (secondary N) is 1. The molecule has 1 aliphatic heterocycles. The van der Waals surface area contributed by atoms with Gasteiger partial charge in [0.1, 0.15) is 5.92 Å². The van der Waals surface area contributed by atoms with Gasteiger partial charge in [-0.2, -0.15) is 15.8 Å². The zero-order valence-corrected chi connectivity index (χ0v) is 17.1. The molecule has 1 aromatic rings. The SMILES string of the molecule is CC(C)N1CC=C2C(C#N)C(=N)C(C#N)(C#N)[C@@H](c3cccc(Cl)c3Cl)[C@H]2C1. The van der Waals surface area contributed by atoms with E-state index in [-0.39, 0.29) is 22.7 Å². The van der Waals surface area contributed by atoms with E-state index >= 15 is 0 Å². The van der Waals surface area contributed by atoms with Gasteiger partial charge < -0.3 is 5.41 Å². The monoisotopic (exact) mass is 411 g/mol. The van der Waals surface area contributed by atoms with Crippen molar-refractivity contribution in [1.82, 2.24) is 4.90 Å². The molecule has 3 atom stereocenters. The predicted molar refractivity (Wildman–Crippen MR) is 108 cm³/mol. The minimum absolute atomic E-state index is 0.179. The largest absolute Gasteiger partial charge is 0.305 e. The van der Waals surface area contributed by atoms with E-state index in [0.29, 0.717) is 23.7 Å². The maximum atomic E-state index is 10.1. The second-order valence-electron chi connectivity index (χ2n) is 7.49. The molecule has 0 radical (unpaired) electrons. The summed E-state index contributed by atoms with van der Waals surface area (Å²) in [6, 6.07) is 11.7. The molecule has 1 fully saturated rings. The third-order valence-electron chi connectivity index (χ3n) is 5.87. The molecular weight excluding hydrogens is 393 g/mol. The number of fused-ring (bicyclic) bond motifs is 1. The molecule has 1 heterocycles. The number of benzene rings is 1. The van der Waals surface area contributed by atoms with Crippen LogP contribution < -0.4 is 0 Å². The highest BCUT2D eigenvalue weighted by molar-refractivity contribution is 6.42. The molecule has 1 saturated carbocycles. The summed E-state index contributed by atoms with van der Waals surface area (Å²) in [5, 5.41) is 39.1. The first kappa shape index (κ1) is 20.4. The van der Waals surface area contributed by atoms with E-state index in [2.05, 4.69) is 37.0 Å². The Hall–Kier alpha value is -2.36. The zero-order valence-electron chi connectivity index (χ0n) is 15.6. The lowest BCUT2D eigenvalue weighted by molar-refractivity contribution is 0.171. The van der Waals surface area contributed by atoms with Crippen LogP contribution in [-0.2, 0) is 0 Å². The van der Waals surface area contributed by atoms with Gasteiger partial charge in [0.05, 0.1) is 34.0 Å². The number of halogens is 2. The van der Waals surface area contributed by atoms with Crippen LogP contribution in [0, 0.1) is 56.7 Å². The molecule has 1 unspecified atom stereocenters. The summed E-state index contributed by atoms with van der Waals surface area (Å²) >= 11 is 12.7. The van der Waals surface area contributed by atoms with Crippen molar-refractivity contribution < 1.29 is 0 Å². The number of hydrogen-bond acceptors (Lipinski definition) is 5. The van der Waals surface area contributed by atoms with E-state index in [9.17, 15) is 15.8 Å². The molecule has 28 heavy (non-hydrogen) atoms. The Bertz CT molecular complexity index is 962. The second-order valence-corrected chi connectivity index (χ2v) is 8.27. The van der Waals surface area contributed by atoms with Gasteiger partial charge in [-0.15, -0.1) is 0 Å². The summed E-state index contributed by atoms with van der Waals surface area (Å²) < 4.78 is 0. The number of nitrogens with zero attached hydrogens (tertiary/aromatic N) is 4. The summed E-state index contributed by atoms with van der Waals surface area (Å²) in [5.41, 5.74) is -0.593. The highest BCUT2D eigenvalue weighted by Crippen LogP contribution is 2.55. The molecule has 0 aromatic heterocycles. The van der Waals surface area contributed by atoms with E-state index in [1.807, 2.05) is 6.08 Å². The molecule has 142 valence electrons. The summed E-state index contributed by atoms with van der Waals surface area (Å²) in [6.07, 6.45) is 1.97.